The summed E-state index contributed by atoms with van der Waals surface area (Å²) in [5.41, 5.74) is 7.74. The lowest BCUT2D eigenvalue weighted by molar-refractivity contribution is 0.0996. The molecule has 74 valence electrons. The Labute approximate surface area is 83.5 Å². The fourth-order valence-electron chi connectivity index (χ4n) is 1.61. The number of hydrogen-bond donors (Lipinski definition) is 3. The summed E-state index contributed by atoms with van der Waals surface area (Å²) >= 11 is 0. The molecular formula is C9H7N5O. The van der Waals surface area contributed by atoms with E-state index in [0.717, 1.165) is 16.4 Å². The molecule has 3 heterocycles. The molecule has 0 aliphatic rings. The van der Waals surface area contributed by atoms with Crippen LogP contribution in [0, 0.1) is 0 Å². The number of nitrogens with zero attached hydrogens (tertiary/aromatic N) is 2. The van der Waals surface area contributed by atoms with Gasteiger partial charge in [0.2, 0.25) is 0 Å². The van der Waals surface area contributed by atoms with Crippen LogP contribution in [-0.2, 0) is 0 Å². The maximum absolute atomic E-state index is 11.0. The number of nitrogens with two attached hydrogens (primary N) is 1. The second-order valence-corrected chi connectivity index (χ2v) is 3.23. The third-order valence-corrected chi connectivity index (χ3v) is 2.31. The highest BCUT2D eigenvalue weighted by Gasteiger charge is 2.10. The number of nitrogens with one attached hydrogen (secondary N) is 2. The summed E-state index contributed by atoms with van der Waals surface area (Å²) in [6, 6.07) is 1.66. The molecule has 1 amide bonds. The average molecular weight is 201 g/mol. The minimum absolute atomic E-state index is 0.341. The minimum atomic E-state index is -0.503. The van der Waals surface area contributed by atoms with Crippen LogP contribution in [0.3, 0.4) is 0 Å². The van der Waals surface area contributed by atoms with E-state index >= 15 is 0 Å². The Hall–Kier alpha value is -2.37. The van der Waals surface area contributed by atoms with Crippen molar-refractivity contribution in [2.24, 2.45) is 5.73 Å². The number of hydrogen-bond acceptors (Lipinski definition) is 3. The molecule has 0 aliphatic carbocycles. The smallest absolute Gasteiger partial charge is 0.265 e. The van der Waals surface area contributed by atoms with Crippen LogP contribution in [0.15, 0.2) is 18.6 Å². The van der Waals surface area contributed by atoms with E-state index in [2.05, 4.69) is 19.9 Å². The molecule has 0 aliphatic heterocycles. The van der Waals surface area contributed by atoms with Gasteiger partial charge in [0, 0.05) is 5.39 Å². The Balaban J connectivity index is 2.46. The van der Waals surface area contributed by atoms with Gasteiger partial charge in [0.15, 0.2) is 0 Å². The van der Waals surface area contributed by atoms with Gasteiger partial charge in [0.05, 0.1) is 18.0 Å². The topological polar surface area (TPSA) is 100 Å². The molecule has 0 spiro atoms. The van der Waals surface area contributed by atoms with Crippen molar-refractivity contribution in [3.63, 3.8) is 0 Å². The van der Waals surface area contributed by atoms with E-state index in [1.165, 1.54) is 0 Å². The molecule has 4 N–H and O–H groups in total. The Morgan fingerprint density at radius 1 is 1.40 bits per heavy atom. The predicted octanol–water partition coefficient (Wildman–Crippen LogP) is 0.538. The first-order chi connectivity index (χ1) is 7.25. The van der Waals surface area contributed by atoms with Crippen LogP contribution in [0.4, 0.5) is 0 Å². The summed E-state index contributed by atoms with van der Waals surface area (Å²) in [5, 5.41) is 0.794. The molecule has 3 aromatic heterocycles. The molecule has 15 heavy (non-hydrogen) atoms. The zero-order valence-electron chi connectivity index (χ0n) is 7.61. The Morgan fingerprint density at radius 2 is 2.27 bits per heavy atom. The number of fused-ring (bicyclic) bond motifs is 3. The van der Waals surface area contributed by atoms with E-state index in [1.807, 2.05) is 0 Å². The molecule has 0 bridgehead atoms. The van der Waals surface area contributed by atoms with E-state index in [1.54, 1.807) is 18.6 Å². The molecule has 0 saturated carbocycles. The molecule has 0 fully saturated rings. The summed E-state index contributed by atoms with van der Waals surface area (Å²) in [7, 11) is 0. The van der Waals surface area contributed by atoms with E-state index in [4.69, 9.17) is 5.73 Å². The van der Waals surface area contributed by atoms with Crippen LogP contribution in [0.2, 0.25) is 0 Å². The van der Waals surface area contributed by atoms with Gasteiger partial charge in [-0.25, -0.2) is 9.97 Å². The Morgan fingerprint density at radius 3 is 3.07 bits per heavy atom. The lowest BCUT2D eigenvalue weighted by Gasteiger charge is -1.88. The lowest BCUT2D eigenvalue weighted by atomic mass is 10.3. The SMILES string of the molecule is NC(=O)c1cc2c(ncc3[nH]cnc32)[nH]1. The Kier molecular flexibility index (Phi) is 1.37. The summed E-state index contributed by atoms with van der Waals surface area (Å²) in [4.78, 5) is 25.1. The number of primary amides is 1. The quantitative estimate of drug-likeness (QED) is 0.535. The van der Waals surface area contributed by atoms with Gasteiger partial charge in [-0.3, -0.25) is 4.79 Å². The predicted molar refractivity (Wildman–Crippen MR) is 54.3 cm³/mol. The van der Waals surface area contributed by atoms with Crippen LogP contribution in [0.25, 0.3) is 22.1 Å². The van der Waals surface area contributed by atoms with E-state index in [0.29, 0.717) is 11.3 Å². The molecule has 3 rings (SSSR count). The number of H-pyrrole nitrogens is 2. The second-order valence-electron chi connectivity index (χ2n) is 3.23. The van der Waals surface area contributed by atoms with Crippen LogP contribution < -0.4 is 5.73 Å². The largest absolute Gasteiger partial charge is 0.364 e. The number of carbonyl (C=O) groups excluding carboxylic acids is 1. The summed E-state index contributed by atoms with van der Waals surface area (Å²) < 4.78 is 0. The fourth-order valence-corrected chi connectivity index (χ4v) is 1.61. The third kappa shape index (κ3) is 1.01. The molecule has 0 atom stereocenters. The van der Waals surface area contributed by atoms with E-state index in [-0.39, 0.29) is 0 Å². The number of pyridine rings is 1. The van der Waals surface area contributed by atoms with Gasteiger partial charge in [-0.1, -0.05) is 0 Å². The summed E-state index contributed by atoms with van der Waals surface area (Å²) in [5.74, 6) is -0.503. The van der Waals surface area contributed by atoms with Gasteiger partial charge >= 0.3 is 0 Å². The average Bonchev–Trinajstić information content (AvgIpc) is 2.82. The normalized spacial score (nSPS) is 11.2. The van der Waals surface area contributed by atoms with Crippen molar-refractivity contribution in [1.82, 2.24) is 19.9 Å². The highest BCUT2D eigenvalue weighted by Crippen LogP contribution is 2.20. The molecule has 6 heteroatoms. The van der Waals surface area contributed by atoms with Crippen LogP contribution in [-0.4, -0.2) is 25.8 Å². The third-order valence-electron chi connectivity index (χ3n) is 2.31. The van der Waals surface area contributed by atoms with Gasteiger partial charge in [-0.05, 0) is 6.07 Å². The molecule has 0 saturated heterocycles. The van der Waals surface area contributed by atoms with Gasteiger partial charge < -0.3 is 15.7 Å². The summed E-state index contributed by atoms with van der Waals surface area (Å²) in [6.45, 7) is 0. The van der Waals surface area contributed by atoms with Crippen molar-refractivity contribution in [2.45, 2.75) is 0 Å². The van der Waals surface area contributed by atoms with Crippen molar-refractivity contribution in [1.29, 1.82) is 0 Å². The fraction of sp³-hybridized carbons (Fsp3) is 0. The standard InChI is InChI=1S/C9H7N5O/c10-8(15)5-1-4-7-6(12-3-13-7)2-11-9(4)14-5/h1-3H,(H2,10,15)(H,11,14)(H,12,13). The minimum Gasteiger partial charge on any atom is -0.364 e. The number of imidazole rings is 1. The van der Waals surface area contributed by atoms with Crippen LogP contribution >= 0.6 is 0 Å². The zero-order valence-corrected chi connectivity index (χ0v) is 7.61. The van der Waals surface area contributed by atoms with Crippen LogP contribution in [0.5, 0.6) is 0 Å². The zero-order chi connectivity index (χ0) is 10.4. The molecule has 0 unspecified atom stereocenters. The maximum atomic E-state index is 11.0. The van der Waals surface area contributed by atoms with Crippen LogP contribution in [0.1, 0.15) is 10.5 Å². The van der Waals surface area contributed by atoms with Crippen molar-refractivity contribution >= 4 is 28.0 Å². The molecule has 3 aromatic rings. The Bertz CT molecular complexity index is 665. The van der Waals surface area contributed by atoms with Gasteiger partial charge in [0.25, 0.3) is 5.91 Å². The monoisotopic (exact) mass is 201 g/mol. The van der Waals surface area contributed by atoms with Crippen molar-refractivity contribution in [3.8, 4) is 0 Å². The first-order valence-electron chi connectivity index (χ1n) is 4.36. The van der Waals surface area contributed by atoms with E-state index < -0.39 is 5.91 Å². The number of rotatable bonds is 1. The van der Waals surface area contributed by atoms with E-state index in [9.17, 15) is 4.79 Å². The number of aromatic nitrogens is 4. The lowest BCUT2D eigenvalue weighted by Crippen LogP contribution is -2.10. The highest BCUT2D eigenvalue weighted by atomic mass is 16.1. The number of carbonyl (C=O) groups is 1. The van der Waals surface area contributed by atoms with Crippen molar-refractivity contribution < 1.29 is 4.79 Å². The van der Waals surface area contributed by atoms with Crippen molar-refractivity contribution in [2.75, 3.05) is 0 Å². The first kappa shape index (κ1) is 7.98. The molecular weight excluding hydrogens is 194 g/mol. The van der Waals surface area contributed by atoms with Gasteiger partial charge in [0.1, 0.15) is 16.9 Å². The first-order valence-corrected chi connectivity index (χ1v) is 4.36. The molecule has 6 nitrogen and oxygen atoms in total. The maximum Gasteiger partial charge on any atom is 0.265 e. The second kappa shape index (κ2) is 2.57. The number of aromatic amines is 2. The van der Waals surface area contributed by atoms with Gasteiger partial charge in [-0.15, -0.1) is 0 Å². The molecule has 0 radical (unpaired) electrons. The van der Waals surface area contributed by atoms with Crippen molar-refractivity contribution in [3.05, 3.63) is 24.3 Å². The highest BCUT2D eigenvalue weighted by molar-refractivity contribution is 6.05. The van der Waals surface area contributed by atoms with Gasteiger partial charge in [-0.2, -0.15) is 0 Å². The summed E-state index contributed by atoms with van der Waals surface area (Å²) in [6.07, 6.45) is 3.24. The number of amides is 1. The molecule has 0 aromatic carbocycles.